The van der Waals surface area contributed by atoms with Gasteiger partial charge in [0.2, 0.25) is 0 Å². The van der Waals surface area contributed by atoms with Crippen molar-refractivity contribution in [3.05, 3.63) is 33.5 Å². The number of hydrogen-bond acceptors (Lipinski definition) is 7. The summed E-state index contributed by atoms with van der Waals surface area (Å²) in [7, 11) is 4.88. The average Bonchev–Trinajstić information content (AvgIpc) is 2.54. The Bertz CT molecular complexity index is 553. The molecular weight excluding hydrogens is 302 g/mol. The molecule has 0 aromatic carbocycles. The van der Waals surface area contributed by atoms with E-state index in [-0.39, 0.29) is 5.57 Å². The Morgan fingerprint density at radius 2 is 2.09 bits per heavy atom. The maximum absolute atomic E-state index is 12.2. The van der Waals surface area contributed by atoms with Crippen LogP contribution in [0.15, 0.2) is 23.4 Å². The summed E-state index contributed by atoms with van der Waals surface area (Å²) in [6, 6.07) is 0. The molecule has 1 amide bonds. The Morgan fingerprint density at radius 3 is 2.57 bits per heavy atom. The van der Waals surface area contributed by atoms with E-state index < -0.39 is 22.6 Å². The van der Waals surface area contributed by atoms with Crippen LogP contribution in [0.25, 0.3) is 0 Å². The molecule has 23 heavy (non-hydrogen) atoms. The van der Waals surface area contributed by atoms with Crippen LogP contribution in [0.2, 0.25) is 0 Å². The second-order valence-electron chi connectivity index (χ2n) is 5.78. The van der Waals surface area contributed by atoms with Crippen molar-refractivity contribution in [2.24, 2.45) is 5.73 Å². The Balaban J connectivity index is 2.42. The van der Waals surface area contributed by atoms with Gasteiger partial charge >= 0.3 is 5.66 Å². The van der Waals surface area contributed by atoms with E-state index in [1.807, 2.05) is 11.9 Å². The van der Waals surface area contributed by atoms with Crippen molar-refractivity contribution in [3.63, 3.8) is 0 Å². The Kier molecular flexibility index (Phi) is 5.03. The molecular formula is C14H23N5O4. The minimum atomic E-state index is -1.97. The number of nitrogens with zero attached hydrogens (tertiary/aromatic N) is 3. The van der Waals surface area contributed by atoms with Crippen LogP contribution in [0.4, 0.5) is 0 Å². The lowest BCUT2D eigenvalue weighted by atomic mass is 9.90. The van der Waals surface area contributed by atoms with Gasteiger partial charge in [-0.15, -0.1) is 0 Å². The number of nitrogens with two attached hydrogens (primary N) is 1. The molecule has 0 aromatic rings. The zero-order chi connectivity index (χ0) is 17.2. The molecule has 1 heterocycles. The number of rotatable bonds is 4. The molecule has 0 saturated carbocycles. The topological polar surface area (TPSA) is 114 Å². The number of methoxy groups -OCH3 is 1. The second-order valence-corrected chi connectivity index (χ2v) is 5.78. The van der Waals surface area contributed by atoms with Gasteiger partial charge in [0.05, 0.1) is 5.57 Å². The molecule has 2 rings (SSSR count). The van der Waals surface area contributed by atoms with Crippen molar-refractivity contribution in [2.45, 2.75) is 11.8 Å². The van der Waals surface area contributed by atoms with Gasteiger partial charge in [0.25, 0.3) is 5.91 Å². The summed E-state index contributed by atoms with van der Waals surface area (Å²) < 4.78 is 5.22. The van der Waals surface area contributed by atoms with Gasteiger partial charge in [0, 0.05) is 57.0 Å². The second kappa shape index (κ2) is 6.65. The lowest BCUT2D eigenvalue weighted by Crippen LogP contribution is -2.58. The molecule has 1 aliphatic carbocycles. The number of piperazine rings is 1. The molecule has 0 radical (unpaired) electrons. The number of ether oxygens (including phenoxy) is 1. The van der Waals surface area contributed by atoms with Gasteiger partial charge in [-0.3, -0.25) is 20.6 Å². The maximum atomic E-state index is 12.2. The molecule has 0 aromatic heterocycles. The van der Waals surface area contributed by atoms with Crippen LogP contribution in [-0.4, -0.2) is 79.8 Å². The Hall–Kier alpha value is -1.97. The Labute approximate surface area is 134 Å². The third-order valence-electron chi connectivity index (χ3n) is 4.30. The number of nitrogens with one attached hydrogen (secondary N) is 1. The van der Waals surface area contributed by atoms with Gasteiger partial charge in [-0.1, -0.05) is 0 Å². The monoisotopic (exact) mass is 325 g/mol. The van der Waals surface area contributed by atoms with Crippen molar-refractivity contribution in [2.75, 3.05) is 47.4 Å². The van der Waals surface area contributed by atoms with E-state index in [0.717, 1.165) is 26.2 Å². The molecule has 1 aliphatic heterocycles. The number of hydrogen-bond donors (Lipinski definition) is 2. The van der Waals surface area contributed by atoms with E-state index in [2.05, 4.69) is 10.2 Å². The van der Waals surface area contributed by atoms with Crippen molar-refractivity contribution in [3.8, 4) is 0 Å². The summed E-state index contributed by atoms with van der Waals surface area (Å²) in [5.41, 5.74) is 4.78. The van der Waals surface area contributed by atoms with Crippen LogP contribution in [-0.2, 0) is 9.53 Å². The summed E-state index contributed by atoms with van der Waals surface area (Å²) >= 11 is 0. The number of likely N-dealkylation sites (N-methyl/N-ethyl adjacent to an activating group) is 2. The van der Waals surface area contributed by atoms with Crippen LogP contribution in [0.3, 0.4) is 0 Å². The molecule has 0 bridgehead atoms. The first-order chi connectivity index (χ1) is 10.8. The summed E-state index contributed by atoms with van der Waals surface area (Å²) in [6.07, 6.45) is 1.84. The highest BCUT2D eigenvalue weighted by molar-refractivity contribution is 5.98. The Morgan fingerprint density at radius 1 is 1.48 bits per heavy atom. The predicted molar refractivity (Wildman–Crippen MR) is 84.0 cm³/mol. The lowest BCUT2D eigenvalue weighted by Gasteiger charge is -2.39. The van der Waals surface area contributed by atoms with E-state index >= 15 is 0 Å². The third-order valence-corrected chi connectivity index (χ3v) is 4.30. The van der Waals surface area contributed by atoms with E-state index in [0.29, 0.717) is 5.70 Å². The number of carbonyl (C=O) groups excluding carboxylic acids is 1. The highest BCUT2D eigenvalue weighted by atomic mass is 16.6. The van der Waals surface area contributed by atoms with E-state index in [1.54, 1.807) is 6.08 Å². The molecule has 3 N–H and O–H groups in total. The molecule has 1 saturated heterocycles. The standard InChI is InChI=1S/C14H23N5O4/c1-16-13(20)10-9-14(15,19(21)22)12(23-3)8-11(10)18-6-4-17(2)5-7-18/h8-9,12H,4-7,15H2,1-3H3,(H,16,20). The van der Waals surface area contributed by atoms with Crippen LogP contribution in [0, 0.1) is 10.1 Å². The first kappa shape index (κ1) is 17.4. The smallest absolute Gasteiger partial charge is 0.322 e. The van der Waals surface area contributed by atoms with Gasteiger partial charge < -0.3 is 19.9 Å². The molecule has 1 fully saturated rings. The predicted octanol–water partition coefficient (Wildman–Crippen LogP) is -1.25. The fourth-order valence-electron chi connectivity index (χ4n) is 2.81. The van der Waals surface area contributed by atoms with Gasteiger partial charge in [-0.25, -0.2) is 0 Å². The highest BCUT2D eigenvalue weighted by Crippen LogP contribution is 2.30. The molecule has 2 aliphatic rings. The largest absolute Gasteiger partial charge is 0.369 e. The average molecular weight is 325 g/mol. The van der Waals surface area contributed by atoms with Gasteiger partial charge in [0.15, 0.2) is 6.10 Å². The van der Waals surface area contributed by atoms with Crippen LogP contribution < -0.4 is 11.1 Å². The van der Waals surface area contributed by atoms with Crippen molar-refractivity contribution < 1.29 is 14.5 Å². The zero-order valence-electron chi connectivity index (χ0n) is 13.6. The minimum Gasteiger partial charge on any atom is -0.369 e. The number of carbonyl (C=O) groups is 1. The van der Waals surface area contributed by atoms with E-state index in [1.165, 1.54) is 20.2 Å². The van der Waals surface area contributed by atoms with Gasteiger partial charge in [0.1, 0.15) is 0 Å². The molecule has 2 atom stereocenters. The van der Waals surface area contributed by atoms with Crippen molar-refractivity contribution in [1.29, 1.82) is 0 Å². The molecule has 9 heteroatoms. The molecule has 9 nitrogen and oxygen atoms in total. The van der Waals surface area contributed by atoms with Crippen molar-refractivity contribution in [1.82, 2.24) is 15.1 Å². The van der Waals surface area contributed by atoms with Crippen molar-refractivity contribution >= 4 is 5.91 Å². The van der Waals surface area contributed by atoms with Gasteiger partial charge in [-0.05, 0) is 13.1 Å². The lowest BCUT2D eigenvalue weighted by molar-refractivity contribution is -0.564. The fraction of sp³-hybridized carbons (Fsp3) is 0.643. The number of nitro groups is 1. The minimum absolute atomic E-state index is 0.213. The van der Waals surface area contributed by atoms with E-state index in [4.69, 9.17) is 10.5 Å². The zero-order valence-corrected chi connectivity index (χ0v) is 13.6. The first-order valence-corrected chi connectivity index (χ1v) is 7.40. The summed E-state index contributed by atoms with van der Waals surface area (Å²) in [5, 5.41) is 13.9. The van der Waals surface area contributed by atoms with Crippen LogP contribution in [0.5, 0.6) is 0 Å². The fourth-order valence-corrected chi connectivity index (χ4v) is 2.81. The summed E-state index contributed by atoms with van der Waals surface area (Å²) in [5.74, 6) is -0.401. The first-order valence-electron chi connectivity index (χ1n) is 7.40. The number of amides is 1. The quantitative estimate of drug-likeness (QED) is 0.377. The third kappa shape index (κ3) is 3.21. The van der Waals surface area contributed by atoms with Gasteiger partial charge in [-0.2, -0.15) is 0 Å². The van der Waals surface area contributed by atoms with Crippen LogP contribution in [0.1, 0.15) is 0 Å². The summed E-state index contributed by atoms with van der Waals surface area (Å²) in [6.45, 7) is 3.14. The molecule has 0 spiro atoms. The summed E-state index contributed by atoms with van der Waals surface area (Å²) in [4.78, 5) is 27.2. The SMILES string of the molecule is CNC(=O)C1=CC(N)([N+](=O)[O-])C(OC)C=C1N1CCN(C)CC1. The molecule has 128 valence electrons. The normalized spacial score (nSPS) is 28.9. The highest BCUT2D eigenvalue weighted by Gasteiger charge is 2.49. The van der Waals surface area contributed by atoms with E-state index in [9.17, 15) is 14.9 Å². The maximum Gasteiger partial charge on any atom is 0.322 e. The van der Waals surface area contributed by atoms with Crippen LogP contribution >= 0.6 is 0 Å². The molecule has 2 unspecified atom stereocenters.